The Morgan fingerprint density at radius 1 is 1.17 bits per heavy atom. The van der Waals surface area contributed by atoms with Crippen LogP contribution in [0, 0.1) is 18.3 Å². The molecule has 7 nitrogen and oxygen atoms in total. The minimum absolute atomic E-state index is 0.268. The minimum atomic E-state index is 0.268. The van der Waals surface area contributed by atoms with Crippen molar-refractivity contribution in [2.75, 3.05) is 39.3 Å². The number of carbonyl (C=O) groups excluding carboxylic acids is 1. The molecule has 1 unspecified atom stereocenters. The van der Waals surface area contributed by atoms with Crippen molar-refractivity contribution in [3.8, 4) is 11.4 Å². The van der Waals surface area contributed by atoms with Gasteiger partial charge in [-0.3, -0.25) is 9.69 Å². The van der Waals surface area contributed by atoms with E-state index in [1.165, 1.54) is 5.56 Å². The van der Waals surface area contributed by atoms with Crippen molar-refractivity contribution in [3.63, 3.8) is 0 Å². The zero-order valence-electron chi connectivity index (χ0n) is 17.1. The number of carbonyl (C=O) groups is 1. The third-order valence-corrected chi connectivity index (χ3v) is 6.91. The summed E-state index contributed by atoms with van der Waals surface area (Å²) in [5.74, 6) is 1.92. The number of nitrogens with one attached hydrogen (secondary N) is 1. The molecule has 1 aromatic heterocycles. The number of benzene rings is 1. The number of hydrogen-bond acceptors (Lipinski definition) is 6. The number of hydrogen-bond donors (Lipinski definition) is 1. The molecule has 0 radical (unpaired) electrons. The first-order chi connectivity index (χ1) is 14.1. The van der Waals surface area contributed by atoms with Gasteiger partial charge in [-0.2, -0.15) is 4.98 Å². The Labute approximate surface area is 171 Å². The quantitative estimate of drug-likeness (QED) is 0.854. The van der Waals surface area contributed by atoms with E-state index < -0.39 is 0 Å². The third-order valence-electron chi connectivity index (χ3n) is 6.91. The van der Waals surface area contributed by atoms with Gasteiger partial charge in [-0.15, -0.1) is 0 Å². The Hall–Kier alpha value is -2.25. The fourth-order valence-corrected chi connectivity index (χ4v) is 4.85. The molecule has 1 N–H and O–H groups in total. The summed E-state index contributed by atoms with van der Waals surface area (Å²) in [6, 6.07) is 8.13. The lowest BCUT2D eigenvalue weighted by molar-refractivity contribution is -0.135. The minimum Gasteiger partial charge on any atom is -0.340 e. The van der Waals surface area contributed by atoms with E-state index in [1.807, 2.05) is 12.1 Å². The van der Waals surface area contributed by atoms with Crippen LogP contribution >= 0.6 is 0 Å². The lowest BCUT2D eigenvalue weighted by Crippen LogP contribution is -2.49. The number of piperazine rings is 1. The number of aromatic nitrogens is 2. The van der Waals surface area contributed by atoms with E-state index in [-0.39, 0.29) is 5.92 Å². The Morgan fingerprint density at radius 3 is 2.62 bits per heavy atom. The Kier molecular flexibility index (Phi) is 4.87. The first kappa shape index (κ1) is 18.8. The van der Waals surface area contributed by atoms with Gasteiger partial charge in [-0.05, 0) is 44.7 Å². The van der Waals surface area contributed by atoms with Gasteiger partial charge < -0.3 is 14.7 Å². The van der Waals surface area contributed by atoms with Crippen LogP contribution in [0.5, 0.6) is 0 Å². The van der Waals surface area contributed by atoms with Gasteiger partial charge in [0.1, 0.15) is 0 Å². The maximum absolute atomic E-state index is 12.9. The van der Waals surface area contributed by atoms with Crippen LogP contribution in [0.2, 0.25) is 0 Å². The summed E-state index contributed by atoms with van der Waals surface area (Å²) in [6.07, 6.45) is 3.41. The highest BCUT2D eigenvalue weighted by Crippen LogP contribution is 2.59. The zero-order chi connectivity index (χ0) is 19.8. The summed E-state index contributed by atoms with van der Waals surface area (Å²) in [5.41, 5.74) is 2.50. The molecule has 1 aliphatic carbocycles. The highest BCUT2D eigenvalue weighted by Gasteiger charge is 2.58. The summed E-state index contributed by atoms with van der Waals surface area (Å²) in [7, 11) is 0. The van der Waals surface area contributed by atoms with Crippen molar-refractivity contribution >= 4 is 5.91 Å². The molecular weight excluding hydrogens is 366 g/mol. The van der Waals surface area contributed by atoms with E-state index in [2.05, 4.69) is 44.3 Å². The summed E-state index contributed by atoms with van der Waals surface area (Å²) in [6.45, 7) is 8.12. The molecule has 1 spiro atoms. The summed E-state index contributed by atoms with van der Waals surface area (Å²) in [5, 5.41) is 7.53. The molecule has 1 aromatic carbocycles. The molecule has 1 amide bonds. The third kappa shape index (κ3) is 3.81. The molecule has 29 heavy (non-hydrogen) atoms. The van der Waals surface area contributed by atoms with Crippen LogP contribution in [0.3, 0.4) is 0 Å². The summed E-state index contributed by atoms with van der Waals surface area (Å²) in [4.78, 5) is 21.8. The highest BCUT2D eigenvalue weighted by atomic mass is 16.5. The summed E-state index contributed by atoms with van der Waals surface area (Å²) < 4.78 is 5.46. The monoisotopic (exact) mass is 395 g/mol. The molecule has 0 bridgehead atoms. The summed E-state index contributed by atoms with van der Waals surface area (Å²) >= 11 is 0. The van der Waals surface area contributed by atoms with Gasteiger partial charge >= 0.3 is 0 Å². The molecule has 3 aliphatic rings. The molecule has 1 atom stereocenters. The normalized spacial score (nSPS) is 24.0. The van der Waals surface area contributed by atoms with E-state index in [0.29, 0.717) is 29.6 Å². The number of piperidine rings is 1. The first-order valence-corrected chi connectivity index (χ1v) is 10.7. The maximum Gasteiger partial charge on any atom is 0.241 e. The van der Waals surface area contributed by atoms with E-state index in [0.717, 1.165) is 64.1 Å². The molecule has 2 saturated heterocycles. The van der Waals surface area contributed by atoms with E-state index in [1.54, 1.807) is 0 Å². The standard InChI is InChI=1S/C22H29N5O2/c1-16-2-4-17(5-3-16)20-24-19(29-25-20)15-26-10-12-27(13-11-26)21(28)18-14-22(18)6-8-23-9-7-22/h2-5,18,23H,6-15H2,1H3. The Morgan fingerprint density at radius 2 is 1.90 bits per heavy atom. The van der Waals surface area contributed by atoms with Crippen molar-refractivity contribution in [3.05, 3.63) is 35.7 Å². The van der Waals surface area contributed by atoms with Crippen LogP contribution < -0.4 is 5.32 Å². The predicted octanol–water partition coefficient (Wildman–Crippen LogP) is 2.08. The number of rotatable bonds is 4. The second kappa shape index (κ2) is 7.54. The number of aryl methyl sites for hydroxylation is 1. The molecule has 1 saturated carbocycles. The lowest BCUT2D eigenvalue weighted by atomic mass is 9.91. The lowest BCUT2D eigenvalue weighted by Gasteiger charge is -2.35. The first-order valence-electron chi connectivity index (χ1n) is 10.7. The van der Waals surface area contributed by atoms with Crippen LogP contribution in [0.4, 0.5) is 0 Å². The largest absolute Gasteiger partial charge is 0.340 e. The smallest absolute Gasteiger partial charge is 0.241 e. The average Bonchev–Trinajstić information content (AvgIpc) is 3.22. The Bertz CT molecular complexity index is 864. The molecule has 3 heterocycles. The van der Waals surface area contributed by atoms with Crippen molar-refractivity contribution in [2.45, 2.75) is 32.7 Å². The average molecular weight is 396 g/mol. The molecule has 2 aromatic rings. The van der Waals surface area contributed by atoms with Gasteiger partial charge in [0.15, 0.2) is 0 Å². The molecular formula is C22H29N5O2. The Balaban J connectivity index is 1.13. The highest BCUT2D eigenvalue weighted by molar-refractivity contribution is 5.83. The molecule has 5 rings (SSSR count). The van der Waals surface area contributed by atoms with Crippen LogP contribution in [0.25, 0.3) is 11.4 Å². The van der Waals surface area contributed by atoms with Gasteiger partial charge in [0.05, 0.1) is 6.54 Å². The van der Waals surface area contributed by atoms with Gasteiger partial charge in [0.25, 0.3) is 0 Å². The van der Waals surface area contributed by atoms with Gasteiger partial charge in [0.2, 0.25) is 17.6 Å². The predicted molar refractivity (Wildman–Crippen MR) is 109 cm³/mol. The van der Waals surface area contributed by atoms with Crippen molar-refractivity contribution < 1.29 is 9.32 Å². The fourth-order valence-electron chi connectivity index (χ4n) is 4.85. The van der Waals surface area contributed by atoms with Crippen LogP contribution in [0.15, 0.2) is 28.8 Å². The SMILES string of the molecule is Cc1ccc(-c2noc(CN3CCN(C(=O)C4CC45CCNCC5)CC3)n2)cc1. The number of amides is 1. The molecule has 2 aliphatic heterocycles. The van der Waals surface area contributed by atoms with E-state index in [4.69, 9.17) is 4.52 Å². The van der Waals surface area contributed by atoms with Crippen LogP contribution in [-0.4, -0.2) is 65.1 Å². The van der Waals surface area contributed by atoms with Crippen molar-refractivity contribution in [1.82, 2.24) is 25.3 Å². The van der Waals surface area contributed by atoms with Gasteiger partial charge in [-0.1, -0.05) is 35.0 Å². The van der Waals surface area contributed by atoms with Gasteiger partial charge in [-0.25, -0.2) is 0 Å². The zero-order valence-corrected chi connectivity index (χ0v) is 17.1. The molecule has 154 valence electrons. The molecule has 3 fully saturated rings. The second-order valence-corrected chi connectivity index (χ2v) is 8.85. The van der Waals surface area contributed by atoms with Gasteiger partial charge in [0, 0.05) is 37.7 Å². The second-order valence-electron chi connectivity index (χ2n) is 8.85. The van der Waals surface area contributed by atoms with Crippen molar-refractivity contribution in [2.24, 2.45) is 11.3 Å². The molecule has 7 heteroatoms. The van der Waals surface area contributed by atoms with Crippen molar-refractivity contribution in [1.29, 1.82) is 0 Å². The van der Waals surface area contributed by atoms with E-state index >= 15 is 0 Å². The van der Waals surface area contributed by atoms with Crippen LogP contribution in [0.1, 0.15) is 30.7 Å². The number of nitrogens with zero attached hydrogens (tertiary/aromatic N) is 4. The fraction of sp³-hybridized carbons (Fsp3) is 0.591. The van der Waals surface area contributed by atoms with Crippen LogP contribution in [-0.2, 0) is 11.3 Å². The maximum atomic E-state index is 12.9. The topological polar surface area (TPSA) is 74.5 Å². The van der Waals surface area contributed by atoms with E-state index in [9.17, 15) is 4.79 Å².